The number of halogens is 1. The first kappa shape index (κ1) is 56.8. The summed E-state index contributed by atoms with van der Waals surface area (Å²) in [7, 11) is 3.09. The summed E-state index contributed by atoms with van der Waals surface area (Å²) >= 11 is 5.56. The van der Waals surface area contributed by atoms with Gasteiger partial charge in [-0.2, -0.15) is 0 Å². The average Bonchev–Trinajstić information content (AvgIpc) is 3.73. The van der Waals surface area contributed by atoms with Crippen molar-refractivity contribution in [2.45, 2.75) is 160 Å². The van der Waals surface area contributed by atoms with Crippen LogP contribution in [0.15, 0.2) is 36.4 Å². The maximum absolute atomic E-state index is 14.9. The number of esters is 1. The standard InChI is InChI=1S/C48H72ClN9O12/c1-25(2)21-33-42(62)52-32-17-19-39(60)58(46(32)66)37(23-27(5)6)47(67)57(9)36(24-29-12-14-30(70-49)15-13-29)44(64)54-34(22-26(3)4)48(68)69-28(7)40(45(65)53-33)55-41(61)31(16-18-38(50)59)51-43(63)35-11-10-20-56(35)8/h10-15,25-28,31-37,39-40,60H,16-24H2,1-9H3,(H2,50,59)(H,51,63)(H,52,62)(H,53,65)(H,54,64)(H,55,61). The number of likely N-dealkylation sites (N-methyl/N-ethyl adjacent to an activating group) is 2. The third kappa shape index (κ3) is 15.6. The summed E-state index contributed by atoms with van der Waals surface area (Å²) in [5.41, 5.74) is 6.00. The van der Waals surface area contributed by atoms with E-state index in [1.165, 1.54) is 18.9 Å². The fraction of sp³-hybridized carbons (Fsp3) is 0.646. The van der Waals surface area contributed by atoms with Crippen LogP contribution in [-0.2, 0) is 54.3 Å². The highest BCUT2D eigenvalue weighted by atomic mass is 35.5. The first-order valence-electron chi connectivity index (χ1n) is 23.9. The smallest absolute Gasteiger partial charge is 0.328 e. The lowest BCUT2D eigenvalue weighted by Gasteiger charge is -2.43. The molecule has 3 aliphatic rings. The molecule has 22 heteroatoms. The highest BCUT2D eigenvalue weighted by Crippen LogP contribution is 2.27. The molecule has 8 amide bonds. The summed E-state index contributed by atoms with van der Waals surface area (Å²) in [5, 5.41) is 24.8. The fourth-order valence-corrected chi connectivity index (χ4v) is 8.87. The molecule has 10 atom stereocenters. The van der Waals surface area contributed by atoms with Crippen LogP contribution in [0, 0.1) is 17.8 Å². The number of aliphatic hydroxyl groups excluding tert-OH is 1. The number of carbonyl (C=O) groups is 9. The monoisotopic (exact) mass is 1000 g/mol. The molecule has 1 aromatic rings. The first-order chi connectivity index (χ1) is 32.9. The Morgan fingerprint density at radius 3 is 2.03 bits per heavy atom. The number of nitrogens with two attached hydrogens (primary N) is 1. The Bertz CT molecular complexity index is 2090. The number of nitrogens with zero attached hydrogens (tertiary/aromatic N) is 3. The van der Waals surface area contributed by atoms with E-state index < -0.39 is 114 Å². The zero-order valence-corrected chi connectivity index (χ0v) is 42.3. The lowest BCUT2D eigenvalue weighted by Crippen LogP contribution is -2.65. The van der Waals surface area contributed by atoms with Crippen molar-refractivity contribution in [2.24, 2.45) is 23.5 Å². The number of ether oxygens (including phenoxy) is 1. The number of primary amides is 1. The zero-order chi connectivity index (χ0) is 52.1. The molecule has 0 radical (unpaired) electrons. The SMILES string of the molecule is CC(C)CC1NC(=O)C(NC(=O)C(CCC(N)=O)NC(=O)C2C=CCN2C)C(C)OC(=O)C(CC(C)C)NC(=O)C(Cc2ccc(OCl)cc2)N(C)C(=O)C(CC(C)C)N2C(=O)C(CCC2O)NC1=O. The van der Waals surface area contributed by atoms with Crippen molar-refractivity contribution in [2.75, 3.05) is 20.6 Å². The van der Waals surface area contributed by atoms with Crippen LogP contribution in [0.25, 0.3) is 0 Å². The van der Waals surface area contributed by atoms with E-state index in [0.29, 0.717) is 17.9 Å². The molecule has 3 aliphatic heterocycles. The maximum Gasteiger partial charge on any atom is 0.328 e. The predicted octanol–water partition coefficient (Wildman–Crippen LogP) is 0.541. The third-order valence-corrected chi connectivity index (χ3v) is 12.7. The second-order valence-electron chi connectivity index (χ2n) is 19.8. The number of piperidine rings is 1. The van der Waals surface area contributed by atoms with Gasteiger partial charge in [-0.1, -0.05) is 65.8 Å². The zero-order valence-electron chi connectivity index (χ0n) is 41.6. The van der Waals surface area contributed by atoms with Crippen LogP contribution < -0.4 is 36.6 Å². The molecule has 3 heterocycles. The van der Waals surface area contributed by atoms with Gasteiger partial charge in [-0.05, 0) is 87.9 Å². The quantitative estimate of drug-likeness (QED) is 0.0881. The van der Waals surface area contributed by atoms with Crippen molar-refractivity contribution in [3.8, 4) is 5.75 Å². The minimum atomic E-state index is -1.76. The Morgan fingerprint density at radius 1 is 0.843 bits per heavy atom. The fourth-order valence-electron chi connectivity index (χ4n) is 8.76. The van der Waals surface area contributed by atoms with E-state index in [1.807, 2.05) is 13.8 Å². The van der Waals surface area contributed by atoms with Gasteiger partial charge in [-0.15, -0.1) is 0 Å². The van der Waals surface area contributed by atoms with Crippen LogP contribution in [0.3, 0.4) is 0 Å². The topological polar surface area (TPSA) is 288 Å². The van der Waals surface area contributed by atoms with Gasteiger partial charge in [-0.3, -0.25) is 43.3 Å². The van der Waals surface area contributed by atoms with Crippen molar-refractivity contribution in [1.29, 1.82) is 0 Å². The van der Waals surface area contributed by atoms with Crippen LogP contribution in [0.1, 0.15) is 99.0 Å². The van der Waals surface area contributed by atoms with E-state index in [0.717, 1.165) is 4.90 Å². The number of carbonyl (C=O) groups excluding carboxylic acids is 9. The van der Waals surface area contributed by atoms with Gasteiger partial charge >= 0.3 is 5.97 Å². The van der Waals surface area contributed by atoms with Gasteiger partial charge in [0.05, 0.1) is 0 Å². The number of cyclic esters (lactones) is 1. The molecule has 10 unspecified atom stereocenters. The minimum absolute atomic E-state index is 0.0143. The van der Waals surface area contributed by atoms with E-state index in [9.17, 15) is 48.3 Å². The van der Waals surface area contributed by atoms with E-state index >= 15 is 0 Å². The molecular formula is C48H72ClN9O12. The predicted molar refractivity (Wildman–Crippen MR) is 257 cm³/mol. The molecule has 0 aromatic heterocycles. The number of benzene rings is 1. The molecule has 21 nitrogen and oxygen atoms in total. The van der Waals surface area contributed by atoms with Crippen LogP contribution in [0.5, 0.6) is 5.75 Å². The largest absolute Gasteiger partial charge is 0.458 e. The van der Waals surface area contributed by atoms with Crippen LogP contribution in [-0.4, -0.2) is 154 Å². The van der Waals surface area contributed by atoms with Gasteiger partial charge < -0.3 is 56.3 Å². The summed E-state index contributed by atoms with van der Waals surface area (Å²) < 4.78 is 10.7. The molecule has 0 aliphatic carbocycles. The molecule has 2 bridgehead atoms. The Balaban J connectivity index is 1.85. The minimum Gasteiger partial charge on any atom is -0.458 e. The van der Waals surface area contributed by atoms with Crippen LogP contribution in [0.2, 0.25) is 0 Å². The van der Waals surface area contributed by atoms with Gasteiger partial charge in [0.1, 0.15) is 78.3 Å². The number of hydrogen-bond acceptors (Lipinski definition) is 13. The summed E-state index contributed by atoms with van der Waals surface area (Å²) in [4.78, 5) is 131. The summed E-state index contributed by atoms with van der Waals surface area (Å²) in [6.45, 7) is 12.6. The van der Waals surface area contributed by atoms with Crippen LogP contribution in [0.4, 0.5) is 0 Å². The lowest BCUT2D eigenvalue weighted by molar-refractivity contribution is -0.166. The Kier molecular flexibility index (Phi) is 21.0. The van der Waals surface area contributed by atoms with Crippen molar-refractivity contribution in [3.63, 3.8) is 0 Å². The molecule has 0 spiro atoms. The van der Waals surface area contributed by atoms with Crippen molar-refractivity contribution < 1.29 is 57.3 Å². The van der Waals surface area contributed by atoms with Crippen molar-refractivity contribution in [1.82, 2.24) is 41.3 Å². The number of nitrogens with one attached hydrogen (secondary N) is 5. The van der Waals surface area contributed by atoms with Gasteiger partial charge in [0.15, 0.2) is 0 Å². The molecule has 8 N–H and O–H groups in total. The maximum atomic E-state index is 14.9. The second kappa shape index (κ2) is 25.9. The Morgan fingerprint density at radius 2 is 1.46 bits per heavy atom. The third-order valence-electron chi connectivity index (χ3n) is 12.5. The summed E-state index contributed by atoms with van der Waals surface area (Å²) in [6.07, 6.45) is -0.199. The second-order valence-corrected chi connectivity index (χ2v) is 19.9. The molecular weight excluding hydrogens is 930 g/mol. The van der Waals surface area contributed by atoms with Gasteiger partial charge in [0.2, 0.25) is 47.3 Å². The molecule has 0 saturated carbocycles. The number of rotatable bonds is 16. The molecule has 2 saturated heterocycles. The van der Waals surface area contributed by atoms with E-state index in [4.69, 9.17) is 26.6 Å². The van der Waals surface area contributed by atoms with Gasteiger partial charge in [0, 0.05) is 26.4 Å². The van der Waals surface area contributed by atoms with Crippen molar-refractivity contribution >= 4 is 65.1 Å². The number of amides is 8. The Labute approximate surface area is 414 Å². The molecule has 1 aromatic carbocycles. The van der Waals surface area contributed by atoms with E-state index in [-0.39, 0.29) is 69.1 Å². The molecule has 388 valence electrons. The highest BCUT2D eigenvalue weighted by Gasteiger charge is 2.46. The molecule has 4 rings (SSSR count). The van der Waals surface area contributed by atoms with Crippen LogP contribution >= 0.6 is 11.9 Å². The number of fused-ring (bicyclic) bond motifs is 2. The number of hydrogen-bond donors (Lipinski definition) is 7. The molecule has 70 heavy (non-hydrogen) atoms. The van der Waals surface area contributed by atoms with Gasteiger partial charge in [-0.25, -0.2) is 4.79 Å². The molecule has 2 fully saturated rings. The van der Waals surface area contributed by atoms with E-state index in [1.54, 1.807) is 76.1 Å². The van der Waals surface area contributed by atoms with Gasteiger partial charge in [0.25, 0.3) is 0 Å². The van der Waals surface area contributed by atoms with E-state index in [2.05, 4.69) is 26.6 Å². The summed E-state index contributed by atoms with van der Waals surface area (Å²) in [6, 6.07) is -4.14. The normalized spacial score (nSPS) is 27.0. The average molecular weight is 1000 g/mol. The lowest BCUT2D eigenvalue weighted by atomic mass is 9.94. The Hall–Kier alpha value is -5.80. The van der Waals surface area contributed by atoms with Crippen molar-refractivity contribution in [3.05, 3.63) is 42.0 Å². The summed E-state index contributed by atoms with van der Waals surface area (Å²) in [5.74, 6) is -7.65. The highest BCUT2D eigenvalue weighted by molar-refractivity contribution is 6.09. The number of aliphatic hydroxyl groups is 1. The first-order valence-corrected chi connectivity index (χ1v) is 24.2.